The van der Waals surface area contributed by atoms with Gasteiger partial charge in [-0.1, -0.05) is 59.3 Å². The van der Waals surface area contributed by atoms with Crippen LogP contribution in [0.1, 0.15) is 83.9 Å². The molecular weight excluding hydrogens is 326 g/mol. The van der Waals surface area contributed by atoms with E-state index >= 15 is 0 Å². The number of unbranched alkanes of at least 4 members (excludes halogenated alkanes) is 5. The molecule has 4 heteroatoms. The first-order valence-corrected chi connectivity index (χ1v) is 9.48. The van der Waals surface area contributed by atoms with Crippen molar-refractivity contribution in [3.63, 3.8) is 0 Å². The van der Waals surface area contributed by atoms with E-state index in [1.807, 2.05) is 6.20 Å². The van der Waals surface area contributed by atoms with E-state index in [2.05, 4.69) is 51.8 Å². The number of nitrogens with one attached hydrogen (secondary N) is 1. The molecule has 0 aliphatic rings. The molecule has 0 radical (unpaired) electrons. The second kappa shape index (κ2) is 11.2. The zero-order valence-electron chi connectivity index (χ0n) is 14.0. The molecular formula is C17H32BrN3. The number of aromatic nitrogens is 2. The van der Waals surface area contributed by atoms with Gasteiger partial charge in [0, 0.05) is 6.54 Å². The van der Waals surface area contributed by atoms with Crippen LogP contribution in [0.25, 0.3) is 0 Å². The van der Waals surface area contributed by atoms with Crippen molar-refractivity contribution >= 4 is 15.9 Å². The first kappa shape index (κ1) is 18.7. The third kappa shape index (κ3) is 6.52. The highest BCUT2D eigenvalue weighted by Gasteiger charge is 2.18. The van der Waals surface area contributed by atoms with Gasteiger partial charge in [0.2, 0.25) is 0 Å². The van der Waals surface area contributed by atoms with Crippen molar-refractivity contribution < 1.29 is 0 Å². The summed E-state index contributed by atoms with van der Waals surface area (Å²) in [4.78, 5) is 0. The Balaban J connectivity index is 2.54. The summed E-state index contributed by atoms with van der Waals surface area (Å²) in [5.74, 6) is 0. The Morgan fingerprint density at radius 3 is 2.48 bits per heavy atom. The molecule has 1 aromatic heterocycles. The van der Waals surface area contributed by atoms with Crippen LogP contribution in [0, 0.1) is 0 Å². The first-order valence-electron chi connectivity index (χ1n) is 8.69. The van der Waals surface area contributed by atoms with Gasteiger partial charge in [-0.25, -0.2) is 0 Å². The Morgan fingerprint density at radius 2 is 1.81 bits per heavy atom. The Bertz CT molecular complexity index is 376. The van der Waals surface area contributed by atoms with E-state index < -0.39 is 0 Å². The molecule has 1 rings (SSSR count). The molecule has 1 atom stereocenters. The zero-order valence-corrected chi connectivity index (χ0v) is 15.6. The summed E-state index contributed by atoms with van der Waals surface area (Å²) < 4.78 is 3.31. The van der Waals surface area contributed by atoms with E-state index in [9.17, 15) is 0 Å². The number of aryl methyl sites for hydroxylation is 1. The van der Waals surface area contributed by atoms with Gasteiger partial charge in [-0.15, -0.1) is 0 Å². The van der Waals surface area contributed by atoms with Crippen LogP contribution in [0.15, 0.2) is 10.7 Å². The van der Waals surface area contributed by atoms with E-state index in [1.54, 1.807) is 0 Å². The van der Waals surface area contributed by atoms with Crippen molar-refractivity contribution in [3.8, 4) is 0 Å². The minimum Gasteiger partial charge on any atom is -0.309 e. The monoisotopic (exact) mass is 357 g/mol. The minimum atomic E-state index is 0.421. The molecule has 0 fully saturated rings. The summed E-state index contributed by atoms with van der Waals surface area (Å²) in [5.41, 5.74) is 1.33. The summed E-state index contributed by atoms with van der Waals surface area (Å²) in [5, 5.41) is 8.14. The fourth-order valence-electron chi connectivity index (χ4n) is 2.82. The van der Waals surface area contributed by atoms with Crippen molar-refractivity contribution in [1.29, 1.82) is 0 Å². The molecule has 3 nitrogen and oxygen atoms in total. The van der Waals surface area contributed by atoms with Crippen LogP contribution in [0.5, 0.6) is 0 Å². The topological polar surface area (TPSA) is 29.9 Å². The van der Waals surface area contributed by atoms with Crippen LogP contribution in [-0.4, -0.2) is 16.3 Å². The number of rotatable bonds is 12. The van der Waals surface area contributed by atoms with Crippen molar-refractivity contribution in [2.45, 2.75) is 84.7 Å². The van der Waals surface area contributed by atoms with E-state index in [1.165, 1.54) is 50.6 Å². The Morgan fingerprint density at radius 1 is 1.10 bits per heavy atom. The minimum absolute atomic E-state index is 0.421. The van der Waals surface area contributed by atoms with Gasteiger partial charge in [0.15, 0.2) is 0 Å². The van der Waals surface area contributed by atoms with Crippen LogP contribution in [-0.2, 0) is 6.54 Å². The summed E-state index contributed by atoms with van der Waals surface area (Å²) in [7, 11) is 0. The summed E-state index contributed by atoms with van der Waals surface area (Å²) in [6.07, 6.45) is 12.4. The highest BCUT2D eigenvalue weighted by atomic mass is 79.9. The molecule has 0 aromatic carbocycles. The van der Waals surface area contributed by atoms with Gasteiger partial charge in [0.25, 0.3) is 0 Å². The van der Waals surface area contributed by atoms with Gasteiger partial charge in [0.05, 0.1) is 22.4 Å². The second-order valence-electron chi connectivity index (χ2n) is 5.77. The number of nitrogens with zero attached hydrogens (tertiary/aromatic N) is 2. The predicted molar refractivity (Wildman–Crippen MR) is 94.6 cm³/mol. The maximum absolute atomic E-state index is 4.51. The normalized spacial score (nSPS) is 12.8. The van der Waals surface area contributed by atoms with Gasteiger partial charge in [-0.2, -0.15) is 5.10 Å². The predicted octanol–water partition coefficient (Wildman–Crippen LogP) is 5.46. The molecule has 0 saturated carbocycles. The van der Waals surface area contributed by atoms with Crippen molar-refractivity contribution in [1.82, 2.24) is 15.1 Å². The number of halogens is 1. The van der Waals surface area contributed by atoms with E-state index in [0.29, 0.717) is 6.04 Å². The van der Waals surface area contributed by atoms with Gasteiger partial charge >= 0.3 is 0 Å². The number of hydrogen-bond donors (Lipinski definition) is 1. The molecule has 0 spiro atoms. The molecule has 0 bridgehead atoms. The first-order chi connectivity index (χ1) is 10.2. The van der Waals surface area contributed by atoms with E-state index in [0.717, 1.165) is 24.0 Å². The van der Waals surface area contributed by atoms with Crippen LogP contribution in [0.3, 0.4) is 0 Å². The van der Waals surface area contributed by atoms with Gasteiger partial charge < -0.3 is 5.32 Å². The Kier molecular flexibility index (Phi) is 10.0. The fraction of sp³-hybridized carbons (Fsp3) is 0.824. The highest BCUT2D eigenvalue weighted by molar-refractivity contribution is 9.10. The largest absolute Gasteiger partial charge is 0.309 e. The van der Waals surface area contributed by atoms with Crippen molar-refractivity contribution in [2.75, 3.05) is 6.54 Å². The van der Waals surface area contributed by atoms with Gasteiger partial charge in [-0.3, -0.25) is 4.68 Å². The molecule has 122 valence electrons. The van der Waals surface area contributed by atoms with Crippen LogP contribution in [0.4, 0.5) is 0 Å². The second-order valence-corrected chi connectivity index (χ2v) is 6.62. The molecule has 0 saturated heterocycles. The lowest BCUT2D eigenvalue weighted by atomic mass is 10.0. The SMILES string of the molecule is CCCCCCCCC(NCC)c1c(Br)cnn1CCC. The average Bonchev–Trinajstić information content (AvgIpc) is 2.83. The Labute approximate surface area is 139 Å². The third-order valence-electron chi connectivity index (χ3n) is 3.90. The average molecular weight is 358 g/mol. The van der Waals surface area contributed by atoms with Crippen LogP contribution < -0.4 is 5.32 Å². The van der Waals surface area contributed by atoms with Crippen LogP contribution in [0.2, 0.25) is 0 Å². The molecule has 0 aliphatic heterocycles. The third-order valence-corrected chi connectivity index (χ3v) is 4.51. The quantitative estimate of drug-likeness (QED) is 0.503. The summed E-state index contributed by atoms with van der Waals surface area (Å²) in [6.45, 7) is 8.66. The maximum atomic E-state index is 4.51. The van der Waals surface area contributed by atoms with Gasteiger partial charge in [0.1, 0.15) is 0 Å². The lowest BCUT2D eigenvalue weighted by Crippen LogP contribution is -2.24. The lowest BCUT2D eigenvalue weighted by Gasteiger charge is -2.20. The molecule has 0 amide bonds. The highest BCUT2D eigenvalue weighted by Crippen LogP contribution is 2.27. The summed E-state index contributed by atoms with van der Waals surface area (Å²) in [6, 6.07) is 0.421. The van der Waals surface area contributed by atoms with Gasteiger partial charge in [-0.05, 0) is 35.3 Å². The standard InChI is InChI=1S/C17H32BrN3/c1-4-7-8-9-10-11-12-16(19-6-3)17-15(18)14-20-21(17)13-5-2/h14,16,19H,4-13H2,1-3H3. The molecule has 1 heterocycles. The van der Waals surface area contributed by atoms with E-state index in [-0.39, 0.29) is 0 Å². The fourth-order valence-corrected chi connectivity index (χ4v) is 3.39. The zero-order chi connectivity index (χ0) is 15.5. The Hall–Kier alpha value is -0.350. The maximum Gasteiger partial charge on any atom is 0.0695 e. The summed E-state index contributed by atoms with van der Waals surface area (Å²) >= 11 is 3.68. The lowest BCUT2D eigenvalue weighted by molar-refractivity contribution is 0.435. The van der Waals surface area contributed by atoms with Crippen molar-refractivity contribution in [3.05, 3.63) is 16.4 Å². The van der Waals surface area contributed by atoms with Crippen LogP contribution >= 0.6 is 15.9 Å². The molecule has 1 aromatic rings. The smallest absolute Gasteiger partial charge is 0.0695 e. The molecule has 1 unspecified atom stereocenters. The molecule has 0 aliphatic carbocycles. The molecule has 21 heavy (non-hydrogen) atoms. The van der Waals surface area contributed by atoms with E-state index in [4.69, 9.17) is 0 Å². The molecule has 1 N–H and O–H groups in total. The van der Waals surface area contributed by atoms with Crippen molar-refractivity contribution in [2.24, 2.45) is 0 Å². The number of hydrogen-bond acceptors (Lipinski definition) is 2.